The summed E-state index contributed by atoms with van der Waals surface area (Å²) in [6, 6.07) is 5.62. The van der Waals surface area contributed by atoms with Crippen LogP contribution in [0.3, 0.4) is 0 Å². The molecule has 0 aromatic heterocycles. The molecule has 2 atom stereocenters. The molecule has 3 rings (SSSR count). The molecule has 2 aromatic rings. The first-order valence-corrected chi connectivity index (χ1v) is 7.99. The molecule has 134 valence electrons. The first kappa shape index (κ1) is 17.4. The number of methoxy groups -OCH3 is 1. The quantitative estimate of drug-likeness (QED) is 0.674. The fourth-order valence-electron chi connectivity index (χ4n) is 3.63. The van der Waals surface area contributed by atoms with Gasteiger partial charge in [-0.1, -0.05) is 0 Å². The lowest BCUT2D eigenvalue weighted by Crippen LogP contribution is -2.59. The molecule has 1 saturated carbocycles. The molecule has 25 heavy (non-hydrogen) atoms. The van der Waals surface area contributed by atoms with E-state index < -0.39 is 24.0 Å². The molecule has 4 N–H and O–H groups in total. The summed E-state index contributed by atoms with van der Waals surface area (Å²) in [5, 5.41) is 52.5. The standard InChI is InChI=1S/C19H21O6/c1-8-4-10(14(22)6-12(8)20)16-18(24)17(19(16)25-3)11-5-9(2)13(21)7-15(11)23/h4-7,16-23H,1-3H3/q-1. The minimum absolute atomic E-state index is 0.0413. The third-order valence-corrected chi connectivity index (χ3v) is 5.10. The molecular weight excluding hydrogens is 324 g/mol. The average molecular weight is 345 g/mol. The zero-order valence-electron chi connectivity index (χ0n) is 14.2. The van der Waals surface area contributed by atoms with Crippen molar-refractivity contribution in [1.29, 1.82) is 0 Å². The second kappa shape index (κ2) is 6.13. The normalized spacial score (nSPS) is 25.6. The average Bonchev–Trinajstić information content (AvgIpc) is 2.54. The van der Waals surface area contributed by atoms with E-state index in [0.29, 0.717) is 22.3 Å². The van der Waals surface area contributed by atoms with Crippen LogP contribution < -0.4 is 5.11 Å². The van der Waals surface area contributed by atoms with Gasteiger partial charge in [-0.15, -0.1) is 6.10 Å². The minimum Gasteiger partial charge on any atom is -0.851 e. The number of hydrogen-bond acceptors (Lipinski definition) is 6. The summed E-state index contributed by atoms with van der Waals surface area (Å²) in [7, 11) is 1.48. The van der Waals surface area contributed by atoms with Crippen LogP contribution in [0, 0.1) is 13.8 Å². The summed E-state index contributed by atoms with van der Waals surface area (Å²) >= 11 is 0. The van der Waals surface area contributed by atoms with Gasteiger partial charge in [-0.25, -0.2) is 0 Å². The van der Waals surface area contributed by atoms with Crippen LogP contribution in [0.15, 0.2) is 24.3 Å². The Hall–Kier alpha value is -2.44. The maximum atomic E-state index is 12.9. The van der Waals surface area contributed by atoms with E-state index in [1.54, 1.807) is 26.0 Å². The van der Waals surface area contributed by atoms with Crippen LogP contribution in [-0.4, -0.2) is 39.7 Å². The van der Waals surface area contributed by atoms with Crippen LogP contribution in [0.5, 0.6) is 23.0 Å². The molecule has 0 radical (unpaired) electrons. The van der Waals surface area contributed by atoms with Gasteiger partial charge in [-0.05, 0) is 48.2 Å². The van der Waals surface area contributed by atoms with E-state index in [0.717, 1.165) is 0 Å². The van der Waals surface area contributed by atoms with Crippen molar-refractivity contribution in [2.45, 2.75) is 37.9 Å². The smallest absolute Gasteiger partial charge is 0.122 e. The van der Waals surface area contributed by atoms with Crippen LogP contribution in [0.2, 0.25) is 0 Å². The molecule has 1 aliphatic rings. The molecule has 2 aromatic carbocycles. The number of phenolic OH excluding ortho intramolecular Hbond substituents is 4. The summed E-state index contributed by atoms with van der Waals surface area (Å²) < 4.78 is 5.49. The maximum absolute atomic E-state index is 12.9. The SMILES string of the molecule is COC1C(c2cc(C)c(O)cc2O)C([O-])C1c1cc(C)c(O)cc1O. The molecule has 0 amide bonds. The molecule has 2 unspecified atom stereocenters. The fraction of sp³-hybridized carbons (Fsp3) is 0.368. The lowest BCUT2D eigenvalue weighted by atomic mass is 9.62. The Kier molecular flexibility index (Phi) is 4.26. The van der Waals surface area contributed by atoms with Crippen molar-refractivity contribution in [3.05, 3.63) is 46.5 Å². The van der Waals surface area contributed by atoms with Gasteiger partial charge in [0.25, 0.3) is 0 Å². The van der Waals surface area contributed by atoms with E-state index >= 15 is 0 Å². The van der Waals surface area contributed by atoms with Gasteiger partial charge in [0, 0.05) is 31.1 Å². The number of ether oxygens (including phenoxy) is 1. The van der Waals surface area contributed by atoms with Gasteiger partial charge in [-0.3, -0.25) is 0 Å². The zero-order valence-corrected chi connectivity index (χ0v) is 14.2. The highest BCUT2D eigenvalue weighted by Crippen LogP contribution is 2.53. The lowest BCUT2D eigenvalue weighted by Gasteiger charge is -2.56. The van der Waals surface area contributed by atoms with E-state index in [4.69, 9.17) is 4.74 Å². The molecule has 6 nitrogen and oxygen atoms in total. The minimum atomic E-state index is -1.14. The number of aryl methyl sites for hydroxylation is 2. The number of phenols is 4. The highest BCUT2D eigenvalue weighted by molar-refractivity contribution is 5.52. The number of benzene rings is 2. The molecule has 0 saturated heterocycles. The second-order valence-corrected chi connectivity index (χ2v) is 6.61. The lowest BCUT2D eigenvalue weighted by molar-refractivity contribution is -0.463. The van der Waals surface area contributed by atoms with Crippen molar-refractivity contribution in [3.8, 4) is 23.0 Å². The van der Waals surface area contributed by atoms with E-state index in [2.05, 4.69) is 0 Å². The predicted molar refractivity (Wildman–Crippen MR) is 89.1 cm³/mol. The van der Waals surface area contributed by atoms with E-state index in [1.165, 1.54) is 19.2 Å². The Bertz CT molecular complexity index is 751. The highest BCUT2D eigenvalue weighted by atomic mass is 16.5. The van der Waals surface area contributed by atoms with Crippen LogP contribution in [0.1, 0.15) is 34.1 Å². The van der Waals surface area contributed by atoms with Crippen molar-refractivity contribution in [3.63, 3.8) is 0 Å². The van der Waals surface area contributed by atoms with E-state index in [9.17, 15) is 25.5 Å². The Labute approximate surface area is 145 Å². The van der Waals surface area contributed by atoms with Gasteiger partial charge >= 0.3 is 0 Å². The summed E-state index contributed by atoms with van der Waals surface area (Å²) in [6.45, 7) is 3.37. The van der Waals surface area contributed by atoms with Gasteiger partial charge in [0.15, 0.2) is 0 Å². The van der Waals surface area contributed by atoms with Crippen LogP contribution >= 0.6 is 0 Å². The van der Waals surface area contributed by atoms with E-state index in [-0.39, 0.29) is 23.0 Å². The van der Waals surface area contributed by atoms with Crippen molar-refractivity contribution < 1.29 is 30.3 Å². The Morgan fingerprint density at radius 2 is 1.16 bits per heavy atom. The Morgan fingerprint density at radius 1 is 0.760 bits per heavy atom. The summed E-state index contributed by atoms with van der Waals surface area (Å²) in [4.78, 5) is 0. The summed E-state index contributed by atoms with van der Waals surface area (Å²) in [5.41, 5.74) is 1.96. The van der Waals surface area contributed by atoms with Crippen molar-refractivity contribution in [2.24, 2.45) is 0 Å². The molecule has 0 spiro atoms. The van der Waals surface area contributed by atoms with Crippen LogP contribution in [-0.2, 0) is 4.74 Å². The third-order valence-electron chi connectivity index (χ3n) is 5.10. The van der Waals surface area contributed by atoms with Crippen molar-refractivity contribution >= 4 is 0 Å². The first-order valence-electron chi connectivity index (χ1n) is 7.99. The monoisotopic (exact) mass is 345 g/mol. The molecule has 1 fully saturated rings. The molecule has 1 aliphatic carbocycles. The number of hydrogen-bond donors (Lipinski definition) is 4. The molecule has 0 bridgehead atoms. The Morgan fingerprint density at radius 3 is 1.52 bits per heavy atom. The second-order valence-electron chi connectivity index (χ2n) is 6.61. The molecule has 6 heteroatoms. The van der Waals surface area contributed by atoms with E-state index in [1.807, 2.05) is 0 Å². The van der Waals surface area contributed by atoms with Crippen molar-refractivity contribution in [2.75, 3.05) is 7.11 Å². The number of rotatable bonds is 3. The van der Waals surface area contributed by atoms with Gasteiger partial charge in [-0.2, -0.15) is 0 Å². The summed E-state index contributed by atoms with van der Waals surface area (Å²) in [5.74, 6) is -1.60. The number of aromatic hydroxyl groups is 4. The van der Waals surface area contributed by atoms with Crippen molar-refractivity contribution in [1.82, 2.24) is 0 Å². The molecule has 0 heterocycles. The van der Waals surface area contributed by atoms with Gasteiger partial charge in [0.2, 0.25) is 0 Å². The highest BCUT2D eigenvalue weighted by Gasteiger charge is 2.48. The summed E-state index contributed by atoms with van der Waals surface area (Å²) in [6.07, 6.45) is -1.68. The fourth-order valence-corrected chi connectivity index (χ4v) is 3.63. The molecular formula is C19H21O6-. The van der Waals surface area contributed by atoms with Crippen LogP contribution in [0.25, 0.3) is 0 Å². The third kappa shape index (κ3) is 2.67. The van der Waals surface area contributed by atoms with Gasteiger partial charge < -0.3 is 30.3 Å². The topological polar surface area (TPSA) is 113 Å². The molecule has 0 aliphatic heterocycles. The predicted octanol–water partition coefficient (Wildman–Crippen LogP) is 1.75. The first-order chi connectivity index (χ1) is 11.8. The largest absolute Gasteiger partial charge is 0.851 e. The maximum Gasteiger partial charge on any atom is 0.122 e. The van der Waals surface area contributed by atoms with Gasteiger partial charge in [0.05, 0.1) is 6.10 Å². The Balaban J connectivity index is 2.00. The van der Waals surface area contributed by atoms with Gasteiger partial charge in [0.1, 0.15) is 23.0 Å². The van der Waals surface area contributed by atoms with Crippen LogP contribution in [0.4, 0.5) is 0 Å². The zero-order chi connectivity index (χ0) is 18.5.